The molecule has 5 nitrogen and oxygen atoms in total. The van der Waals surface area contributed by atoms with Gasteiger partial charge in [0.2, 0.25) is 5.91 Å². The number of hydrogen-bond donors (Lipinski definition) is 2. The Labute approximate surface area is 83.6 Å². The van der Waals surface area contributed by atoms with Gasteiger partial charge in [-0.2, -0.15) is 8.42 Å². The molecule has 82 valence electrons. The second-order valence-corrected chi connectivity index (χ2v) is 5.60. The van der Waals surface area contributed by atoms with Crippen molar-refractivity contribution in [3.8, 4) is 0 Å². The van der Waals surface area contributed by atoms with Gasteiger partial charge in [-0.15, -0.1) is 0 Å². The van der Waals surface area contributed by atoms with Crippen LogP contribution in [0.2, 0.25) is 0 Å². The summed E-state index contributed by atoms with van der Waals surface area (Å²) in [6, 6.07) is 0. The Kier molecular flexibility index (Phi) is 2.87. The molecule has 14 heavy (non-hydrogen) atoms. The van der Waals surface area contributed by atoms with Crippen LogP contribution in [0.3, 0.4) is 0 Å². The van der Waals surface area contributed by atoms with Gasteiger partial charge < -0.3 is 5.32 Å². The van der Waals surface area contributed by atoms with Crippen LogP contribution in [-0.4, -0.2) is 30.2 Å². The molecule has 0 aromatic rings. The molecule has 0 atom stereocenters. The summed E-state index contributed by atoms with van der Waals surface area (Å²) in [5.74, 6) is -0.724. The zero-order valence-corrected chi connectivity index (χ0v) is 9.10. The first kappa shape index (κ1) is 11.5. The summed E-state index contributed by atoms with van der Waals surface area (Å²) in [5, 5.41) is 2.65. The molecular weight excluding hydrogens is 206 g/mol. The highest BCUT2D eigenvalue weighted by Crippen LogP contribution is 2.36. The molecule has 1 aliphatic rings. The topological polar surface area (TPSA) is 83.5 Å². The highest BCUT2D eigenvalue weighted by molar-refractivity contribution is 7.85. The van der Waals surface area contributed by atoms with Gasteiger partial charge in [0, 0.05) is 5.92 Å². The van der Waals surface area contributed by atoms with Gasteiger partial charge in [-0.25, -0.2) is 0 Å². The lowest BCUT2D eigenvalue weighted by molar-refractivity contribution is -0.124. The van der Waals surface area contributed by atoms with E-state index in [1.807, 2.05) is 0 Å². The number of hydrogen-bond acceptors (Lipinski definition) is 3. The van der Waals surface area contributed by atoms with E-state index < -0.39 is 15.7 Å². The third-order valence-corrected chi connectivity index (χ3v) is 3.14. The van der Waals surface area contributed by atoms with Crippen molar-refractivity contribution in [3.05, 3.63) is 0 Å². The van der Waals surface area contributed by atoms with Crippen molar-refractivity contribution in [2.45, 2.75) is 32.2 Å². The van der Waals surface area contributed by atoms with E-state index in [9.17, 15) is 13.2 Å². The van der Waals surface area contributed by atoms with Gasteiger partial charge in [-0.3, -0.25) is 9.35 Å². The van der Waals surface area contributed by atoms with Gasteiger partial charge in [0.25, 0.3) is 10.1 Å². The van der Waals surface area contributed by atoms with Crippen LogP contribution in [0.15, 0.2) is 0 Å². The second kappa shape index (κ2) is 3.51. The van der Waals surface area contributed by atoms with E-state index in [2.05, 4.69) is 5.32 Å². The molecule has 0 spiro atoms. The average molecular weight is 221 g/mol. The Morgan fingerprint density at radius 2 is 2.00 bits per heavy atom. The molecule has 1 amide bonds. The van der Waals surface area contributed by atoms with E-state index in [-0.39, 0.29) is 17.6 Å². The average Bonchev–Trinajstić information content (AvgIpc) is 2.64. The number of carbonyl (C=O) groups is 1. The normalized spacial score (nSPS) is 19.4. The zero-order valence-electron chi connectivity index (χ0n) is 8.28. The second-order valence-electron chi connectivity index (χ2n) is 4.15. The van der Waals surface area contributed by atoms with E-state index in [1.54, 1.807) is 13.8 Å². The quantitative estimate of drug-likeness (QED) is 0.663. The van der Waals surface area contributed by atoms with Crippen LogP contribution in [0.4, 0.5) is 0 Å². The Morgan fingerprint density at radius 3 is 2.29 bits per heavy atom. The Bertz CT molecular complexity index is 329. The summed E-state index contributed by atoms with van der Waals surface area (Å²) >= 11 is 0. The third kappa shape index (κ3) is 3.26. The van der Waals surface area contributed by atoms with Crippen molar-refractivity contribution in [2.75, 3.05) is 5.75 Å². The van der Waals surface area contributed by atoms with Crippen molar-refractivity contribution < 1.29 is 17.8 Å². The smallest absolute Gasteiger partial charge is 0.267 e. The first-order valence-electron chi connectivity index (χ1n) is 4.51. The van der Waals surface area contributed by atoms with E-state index in [0.717, 1.165) is 0 Å². The lowest BCUT2D eigenvalue weighted by Gasteiger charge is -2.17. The van der Waals surface area contributed by atoms with Crippen molar-refractivity contribution in [2.24, 2.45) is 5.92 Å². The molecule has 0 bridgehead atoms. The maximum atomic E-state index is 11.3. The number of amides is 1. The minimum Gasteiger partial charge on any atom is -0.349 e. The molecule has 1 saturated carbocycles. The van der Waals surface area contributed by atoms with Crippen molar-refractivity contribution in [1.29, 1.82) is 0 Å². The molecule has 0 heterocycles. The largest absolute Gasteiger partial charge is 0.349 e. The molecule has 0 radical (unpaired) electrons. The molecular formula is C8H15NO4S. The molecule has 2 N–H and O–H groups in total. The van der Waals surface area contributed by atoms with Gasteiger partial charge in [-0.05, 0) is 12.8 Å². The van der Waals surface area contributed by atoms with Crippen LogP contribution in [-0.2, 0) is 14.9 Å². The molecule has 0 unspecified atom stereocenters. The fraction of sp³-hybridized carbons (Fsp3) is 0.875. The fourth-order valence-corrected chi connectivity index (χ4v) is 2.27. The molecule has 0 aliphatic heterocycles. The van der Waals surface area contributed by atoms with E-state index in [1.165, 1.54) is 0 Å². The molecule has 0 aromatic carbocycles. The highest BCUT2D eigenvalue weighted by Gasteiger charge is 2.47. The standard InChI is InChI=1S/C8H15NO4S/c1-6(2)7(10)9-8(3-4-8)5-14(11,12)13/h6H,3-5H2,1-2H3,(H,9,10)(H,11,12,13). The monoisotopic (exact) mass is 221 g/mol. The summed E-state index contributed by atoms with van der Waals surface area (Å²) in [5.41, 5.74) is -0.699. The van der Waals surface area contributed by atoms with Gasteiger partial charge in [-0.1, -0.05) is 13.8 Å². The van der Waals surface area contributed by atoms with Gasteiger partial charge in [0.05, 0.1) is 11.3 Å². The van der Waals surface area contributed by atoms with E-state index in [0.29, 0.717) is 12.8 Å². The molecule has 1 rings (SSSR count). The van der Waals surface area contributed by atoms with Gasteiger partial charge in [0.1, 0.15) is 0 Å². The molecule has 6 heteroatoms. The Morgan fingerprint density at radius 1 is 1.50 bits per heavy atom. The summed E-state index contributed by atoms with van der Waals surface area (Å²) in [6.07, 6.45) is 1.23. The van der Waals surface area contributed by atoms with Gasteiger partial charge >= 0.3 is 0 Å². The van der Waals surface area contributed by atoms with Crippen molar-refractivity contribution in [1.82, 2.24) is 5.32 Å². The van der Waals surface area contributed by atoms with Crippen LogP contribution in [0, 0.1) is 5.92 Å². The van der Waals surface area contributed by atoms with E-state index >= 15 is 0 Å². The van der Waals surface area contributed by atoms with Crippen LogP contribution in [0.5, 0.6) is 0 Å². The number of carbonyl (C=O) groups excluding carboxylic acids is 1. The molecule has 0 saturated heterocycles. The summed E-state index contributed by atoms with van der Waals surface area (Å²) in [4.78, 5) is 11.3. The first-order valence-corrected chi connectivity index (χ1v) is 6.12. The summed E-state index contributed by atoms with van der Waals surface area (Å²) in [7, 11) is -4.01. The number of nitrogens with one attached hydrogen (secondary N) is 1. The van der Waals surface area contributed by atoms with Crippen LogP contribution >= 0.6 is 0 Å². The Hall–Kier alpha value is -0.620. The van der Waals surface area contributed by atoms with Gasteiger partial charge in [0.15, 0.2) is 0 Å². The highest BCUT2D eigenvalue weighted by atomic mass is 32.2. The van der Waals surface area contributed by atoms with E-state index in [4.69, 9.17) is 4.55 Å². The number of rotatable bonds is 4. The van der Waals surface area contributed by atoms with Crippen molar-refractivity contribution in [3.63, 3.8) is 0 Å². The molecule has 0 aromatic heterocycles. The van der Waals surface area contributed by atoms with Crippen LogP contribution in [0.25, 0.3) is 0 Å². The lowest BCUT2D eigenvalue weighted by Crippen LogP contribution is -2.43. The fourth-order valence-electron chi connectivity index (χ4n) is 1.21. The summed E-state index contributed by atoms with van der Waals surface area (Å²) in [6.45, 7) is 3.47. The third-order valence-electron chi connectivity index (χ3n) is 2.22. The molecule has 1 aliphatic carbocycles. The predicted molar refractivity (Wildman–Crippen MR) is 51.4 cm³/mol. The molecule has 1 fully saturated rings. The maximum Gasteiger partial charge on any atom is 0.267 e. The van der Waals surface area contributed by atoms with Crippen LogP contribution < -0.4 is 5.32 Å². The SMILES string of the molecule is CC(C)C(=O)NC1(CS(=O)(=O)O)CC1. The zero-order chi connectivity index (χ0) is 11.0. The van der Waals surface area contributed by atoms with Crippen molar-refractivity contribution >= 4 is 16.0 Å². The lowest BCUT2D eigenvalue weighted by atomic mass is 10.2. The maximum absolute atomic E-state index is 11.3. The summed E-state index contributed by atoms with van der Waals surface area (Å²) < 4.78 is 30.0. The minimum atomic E-state index is -4.01. The predicted octanol–water partition coefficient (Wildman–Crippen LogP) is 0.179. The Balaban J connectivity index is 2.56. The first-order chi connectivity index (χ1) is 6.24. The minimum absolute atomic E-state index is 0.172. The van der Waals surface area contributed by atoms with Crippen LogP contribution in [0.1, 0.15) is 26.7 Å².